The molecular formula is C29H21ClN2O3. The zero-order valence-corrected chi connectivity index (χ0v) is 19.7. The highest BCUT2D eigenvalue weighted by Crippen LogP contribution is 2.30. The van der Waals surface area contributed by atoms with Crippen molar-refractivity contribution in [1.82, 2.24) is 5.32 Å². The maximum atomic E-state index is 13.5. The lowest BCUT2D eigenvalue weighted by atomic mass is 9.92. The number of nitrogens with zero attached hydrogens (tertiary/aromatic N) is 1. The van der Waals surface area contributed by atoms with Crippen LogP contribution in [-0.2, 0) is 16.0 Å². The van der Waals surface area contributed by atoms with E-state index in [2.05, 4.69) is 5.32 Å². The van der Waals surface area contributed by atoms with E-state index in [1.807, 2.05) is 73.7 Å². The van der Waals surface area contributed by atoms with Gasteiger partial charge in [0.15, 0.2) is 0 Å². The molecule has 0 atom stereocenters. The summed E-state index contributed by atoms with van der Waals surface area (Å²) in [4.78, 5) is 39.9. The second-order valence-electron chi connectivity index (χ2n) is 8.42. The second-order valence-corrected chi connectivity index (χ2v) is 8.83. The number of halogens is 1. The van der Waals surface area contributed by atoms with Crippen LogP contribution in [0.3, 0.4) is 0 Å². The summed E-state index contributed by atoms with van der Waals surface area (Å²) >= 11 is 6.42. The van der Waals surface area contributed by atoms with Crippen molar-refractivity contribution in [3.63, 3.8) is 0 Å². The molecule has 0 aromatic heterocycles. The summed E-state index contributed by atoms with van der Waals surface area (Å²) < 4.78 is 0. The van der Waals surface area contributed by atoms with Gasteiger partial charge < -0.3 is 0 Å². The Balaban J connectivity index is 1.66. The molecule has 4 aromatic carbocycles. The van der Waals surface area contributed by atoms with Gasteiger partial charge in [-0.15, -0.1) is 0 Å². The smallest absolute Gasteiger partial charge is 0.273 e. The minimum atomic E-state index is -0.767. The highest BCUT2D eigenvalue weighted by Gasteiger charge is 2.37. The maximum absolute atomic E-state index is 13.5. The molecule has 0 saturated carbocycles. The third kappa shape index (κ3) is 4.34. The maximum Gasteiger partial charge on any atom is 0.335 e. The molecule has 0 aliphatic carbocycles. The number of amides is 4. The van der Waals surface area contributed by atoms with Gasteiger partial charge in [-0.1, -0.05) is 78.3 Å². The molecule has 1 heterocycles. The Morgan fingerprint density at radius 3 is 2.43 bits per heavy atom. The summed E-state index contributed by atoms with van der Waals surface area (Å²) in [7, 11) is 0. The van der Waals surface area contributed by atoms with Gasteiger partial charge in [-0.25, -0.2) is 9.69 Å². The van der Waals surface area contributed by atoms with Gasteiger partial charge in [0, 0.05) is 5.02 Å². The summed E-state index contributed by atoms with van der Waals surface area (Å²) in [5.41, 5.74) is 3.76. The van der Waals surface area contributed by atoms with Crippen LogP contribution in [-0.4, -0.2) is 17.8 Å². The lowest BCUT2D eigenvalue weighted by Crippen LogP contribution is -2.54. The van der Waals surface area contributed by atoms with Crippen LogP contribution in [0.25, 0.3) is 16.8 Å². The van der Waals surface area contributed by atoms with E-state index in [0.29, 0.717) is 17.1 Å². The Morgan fingerprint density at radius 2 is 1.63 bits per heavy atom. The number of anilines is 1. The van der Waals surface area contributed by atoms with Gasteiger partial charge in [0.05, 0.1) is 5.69 Å². The van der Waals surface area contributed by atoms with Crippen molar-refractivity contribution in [1.29, 1.82) is 0 Å². The van der Waals surface area contributed by atoms with Gasteiger partial charge in [0.1, 0.15) is 5.57 Å². The molecule has 1 saturated heterocycles. The summed E-state index contributed by atoms with van der Waals surface area (Å²) in [5, 5.41) is 4.82. The standard InChI is InChI=1S/C29H21ClN2O3/c1-18-7-6-10-22(15-18)32-28(34)25(27(33)31-29(32)35)17-24-20(16-21-9-3-5-12-26(21)30)14-13-19-8-2-4-11-23(19)24/h2-15,17H,16H2,1H3,(H,31,33,35)/b25-17+. The molecule has 0 unspecified atom stereocenters. The Hall–Kier alpha value is -4.22. The number of imide groups is 2. The number of rotatable bonds is 4. The van der Waals surface area contributed by atoms with Gasteiger partial charge in [0.25, 0.3) is 11.8 Å². The highest BCUT2D eigenvalue weighted by atomic mass is 35.5. The number of carbonyl (C=O) groups is 3. The lowest BCUT2D eigenvalue weighted by molar-refractivity contribution is -0.122. The quantitative estimate of drug-likeness (QED) is 0.285. The van der Waals surface area contributed by atoms with Crippen LogP contribution in [0.2, 0.25) is 5.02 Å². The van der Waals surface area contributed by atoms with Crippen LogP contribution >= 0.6 is 11.6 Å². The van der Waals surface area contributed by atoms with Crippen LogP contribution in [0.5, 0.6) is 0 Å². The second kappa shape index (κ2) is 9.20. The fourth-order valence-electron chi connectivity index (χ4n) is 4.32. The lowest BCUT2D eigenvalue weighted by Gasteiger charge is -2.27. The predicted molar refractivity (Wildman–Crippen MR) is 138 cm³/mol. The monoisotopic (exact) mass is 480 g/mol. The molecule has 0 bridgehead atoms. The predicted octanol–water partition coefficient (Wildman–Crippen LogP) is 6.06. The molecule has 1 fully saturated rings. The number of fused-ring (bicyclic) bond motifs is 1. The fourth-order valence-corrected chi connectivity index (χ4v) is 4.52. The van der Waals surface area contributed by atoms with Gasteiger partial charge in [-0.05, 0) is 70.6 Å². The average Bonchev–Trinajstić information content (AvgIpc) is 2.84. The molecule has 1 aliphatic heterocycles. The molecular weight excluding hydrogens is 460 g/mol. The van der Waals surface area contributed by atoms with Gasteiger partial charge in [0.2, 0.25) is 0 Å². The first-order chi connectivity index (χ1) is 16.9. The van der Waals surface area contributed by atoms with Crippen molar-refractivity contribution in [2.24, 2.45) is 0 Å². The molecule has 4 aromatic rings. The number of urea groups is 1. The SMILES string of the molecule is Cc1cccc(N2C(=O)NC(=O)/C(=C\c3c(Cc4ccccc4Cl)ccc4ccccc34)C2=O)c1. The van der Waals surface area contributed by atoms with E-state index in [-0.39, 0.29) is 5.57 Å². The number of benzene rings is 4. The van der Waals surface area contributed by atoms with Crippen LogP contribution in [0, 0.1) is 6.92 Å². The largest absolute Gasteiger partial charge is 0.335 e. The molecule has 5 nitrogen and oxygen atoms in total. The topological polar surface area (TPSA) is 66.5 Å². The van der Waals surface area contributed by atoms with Crippen molar-refractivity contribution >= 4 is 52.0 Å². The normalized spacial score (nSPS) is 15.1. The Kier molecular flexibility index (Phi) is 5.93. The number of nitrogens with one attached hydrogen (secondary N) is 1. The van der Waals surface area contributed by atoms with Crippen molar-refractivity contribution in [2.75, 3.05) is 4.90 Å². The van der Waals surface area contributed by atoms with E-state index in [0.717, 1.165) is 37.9 Å². The van der Waals surface area contributed by atoms with Gasteiger partial charge in [-0.2, -0.15) is 0 Å². The molecule has 0 spiro atoms. The van der Waals surface area contributed by atoms with E-state index < -0.39 is 17.8 Å². The highest BCUT2D eigenvalue weighted by molar-refractivity contribution is 6.39. The summed E-state index contributed by atoms with van der Waals surface area (Å²) in [6.45, 7) is 1.87. The molecule has 6 heteroatoms. The van der Waals surface area contributed by atoms with E-state index in [4.69, 9.17) is 11.6 Å². The first-order valence-electron chi connectivity index (χ1n) is 11.1. The molecule has 0 radical (unpaired) electrons. The van der Waals surface area contributed by atoms with Crippen LogP contribution in [0.1, 0.15) is 22.3 Å². The Morgan fingerprint density at radius 1 is 0.857 bits per heavy atom. The first kappa shape index (κ1) is 22.6. The number of hydrogen-bond donors (Lipinski definition) is 1. The van der Waals surface area contributed by atoms with E-state index in [1.165, 1.54) is 0 Å². The average molecular weight is 481 g/mol. The van der Waals surface area contributed by atoms with Crippen molar-refractivity contribution in [2.45, 2.75) is 13.3 Å². The first-order valence-corrected chi connectivity index (χ1v) is 11.5. The summed E-state index contributed by atoms with van der Waals surface area (Å²) in [5.74, 6) is -1.39. The molecule has 5 rings (SSSR count). The number of hydrogen-bond acceptors (Lipinski definition) is 3. The molecule has 172 valence electrons. The third-order valence-corrected chi connectivity index (χ3v) is 6.42. The summed E-state index contributed by atoms with van der Waals surface area (Å²) in [6, 6.07) is 25.6. The number of aryl methyl sites for hydroxylation is 1. The Bertz CT molecular complexity index is 1540. The minimum absolute atomic E-state index is 0.108. The molecule has 4 amide bonds. The zero-order chi connectivity index (χ0) is 24.5. The zero-order valence-electron chi connectivity index (χ0n) is 18.9. The number of carbonyl (C=O) groups excluding carboxylic acids is 3. The van der Waals surface area contributed by atoms with Gasteiger partial charge >= 0.3 is 6.03 Å². The van der Waals surface area contributed by atoms with E-state index in [1.54, 1.807) is 24.3 Å². The van der Waals surface area contributed by atoms with E-state index in [9.17, 15) is 14.4 Å². The Labute approximate surface area is 207 Å². The van der Waals surface area contributed by atoms with Crippen molar-refractivity contribution in [3.05, 3.63) is 118 Å². The van der Waals surface area contributed by atoms with Crippen LogP contribution in [0.15, 0.2) is 90.5 Å². The van der Waals surface area contributed by atoms with E-state index >= 15 is 0 Å². The van der Waals surface area contributed by atoms with Crippen LogP contribution < -0.4 is 10.2 Å². The fraction of sp³-hybridized carbons (Fsp3) is 0.0690. The molecule has 35 heavy (non-hydrogen) atoms. The minimum Gasteiger partial charge on any atom is -0.273 e. The summed E-state index contributed by atoms with van der Waals surface area (Å²) in [6.07, 6.45) is 2.10. The van der Waals surface area contributed by atoms with Crippen LogP contribution in [0.4, 0.5) is 10.5 Å². The molecule has 1 aliphatic rings. The van der Waals surface area contributed by atoms with Crippen molar-refractivity contribution in [3.8, 4) is 0 Å². The third-order valence-electron chi connectivity index (χ3n) is 6.05. The molecule has 1 N–H and O–H groups in total. The van der Waals surface area contributed by atoms with Crippen molar-refractivity contribution < 1.29 is 14.4 Å². The number of barbiturate groups is 1. The van der Waals surface area contributed by atoms with Gasteiger partial charge in [-0.3, -0.25) is 14.9 Å².